The van der Waals surface area contributed by atoms with E-state index in [9.17, 15) is 24.0 Å². The van der Waals surface area contributed by atoms with Gasteiger partial charge in [-0.25, -0.2) is 0 Å². The number of carbonyl (C=O) groups excluding carboxylic acids is 4. The normalized spacial score (nSPS) is 19.8. The summed E-state index contributed by atoms with van der Waals surface area (Å²) in [4.78, 5) is 65.9. The van der Waals surface area contributed by atoms with Crippen LogP contribution in [0.3, 0.4) is 0 Å². The van der Waals surface area contributed by atoms with Gasteiger partial charge in [0.05, 0.1) is 6.42 Å². The number of carbonyl (C=O) groups is 5. The molecule has 36 heavy (non-hydrogen) atoms. The predicted molar refractivity (Wildman–Crippen MR) is 128 cm³/mol. The SMILES string of the molecule is O=C(O)Cc1ccc(C(=O)N2CCN(c3ccc4c(c3)CN(C3CCC(=O)NC3=O)C4=O)CC2)cc1. The molecule has 1 atom stereocenters. The van der Waals surface area contributed by atoms with Crippen molar-refractivity contribution >= 4 is 35.3 Å². The standard InChI is InChI=1S/C26H26N4O6/c31-22-8-7-21(24(34)27-22)30-15-18-14-19(5-6-20(18)26(30)36)28-9-11-29(12-10-28)25(35)17-3-1-16(2-4-17)13-23(32)33/h1-6,14,21H,7-13,15H2,(H,32,33)(H,27,31,34). The fourth-order valence-corrected chi connectivity index (χ4v) is 5.05. The summed E-state index contributed by atoms with van der Waals surface area (Å²) in [6.45, 7) is 2.66. The van der Waals surface area contributed by atoms with Gasteiger partial charge in [-0.3, -0.25) is 29.3 Å². The highest BCUT2D eigenvalue weighted by Crippen LogP contribution is 2.31. The van der Waals surface area contributed by atoms with E-state index in [1.807, 2.05) is 12.1 Å². The maximum Gasteiger partial charge on any atom is 0.307 e. The number of hydrogen-bond acceptors (Lipinski definition) is 6. The van der Waals surface area contributed by atoms with Crippen molar-refractivity contribution in [3.8, 4) is 0 Å². The number of fused-ring (bicyclic) bond motifs is 1. The Labute approximate surface area is 207 Å². The Morgan fingerprint density at radius 3 is 2.36 bits per heavy atom. The van der Waals surface area contributed by atoms with Crippen molar-refractivity contribution < 1.29 is 29.1 Å². The average Bonchev–Trinajstić information content (AvgIpc) is 3.19. The lowest BCUT2D eigenvalue weighted by Gasteiger charge is -2.36. The first-order valence-corrected chi connectivity index (χ1v) is 11.9. The molecule has 10 heteroatoms. The van der Waals surface area contributed by atoms with Gasteiger partial charge in [0.1, 0.15) is 6.04 Å². The second-order valence-corrected chi connectivity index (χ2v) is 9.29. The molecule has 3 heterocycles. The van der Waals surface area contributed by atoms with Crippen LogP contribution < -0.4 is 10.2 Å². The highest BCUT2D eigenvalue weighted by molar-refractivity contribution is 6.05. The van der Waals surface area contributed by atoms with Crippen molar-refractivity contribution in [2.24, 2.45) is 0 Å². The summed E-state index contributed by atoms with van der Waals surface area (Å²) in [5.41, 5.74) is 3.56. The number of nitrogens with one attached hydrogen (secondary N) is 1. The van der Waals surface area contributed by atoms with E-state index < -0.39 is 17.9 Å². The van der Waals surface area contributed by atoms with Gasteiger partial charge in [-0.05, 0) is 47.9 Å². The first kappa shape index (κ1) is 23.5. The Morgan fingerprint density at radius 1 is 0.972 bits per heavy atom. The van der Waals surface area contributed by atoms with Crippen LogP contribution in [-0.2, 0) is 27.3 Å². The average molecular weight is 491 g/mol. The van der Waals surface area contributed by atoms with Crippen molar-refractivity contribution in [1.29, 1.82) is 0 Å². The fourth-order valence-electron chi connectivity index (χ4n) is 5.05. The minimum Gasteiger partial charge on any atom is -0.481 e. The zero-order valence-electron chi connectivity index (χ0n) is 19.6. The number of carboxylic acids is 1. The molecule has 10 nitrogen and oxygen atoms in total. The van der Waals surface area contributed by atoms with Crippen LogP contribution in [0.1, 0.15) is 44.7 Å². The highest BCUT2D eigenvalue weighted by atomic mass is 16.4. The van der Waals surface area contributed by atoms with Crippen LogP contribution >= 0.6 is 0 Å². The van der Waals surface area contributed by atoms with Gasteiger partial charge in [0.25, 0.3) is 11.8 Å². The van der Waals surface area contributed by atoms with Crippen molar-refractivity contribution in [2.45, 2.75) is 31.8 Å². The largest absolute Gasteiger partial charge is 0.481 e. The third-order valence-corrected chi connectivity index (χ3v) is 7.00. The molecule has 2 fully saturated rings. The minimum absolute atomic E-state index is 0.0786. The predicted octanol–water partition coefficient (Wildman–Crippen LogP) is 1.04. The number of imide groups is 1. The van der Waals surface area contributed by atoms with Crippen LogP contribution in [0.15, 0.2) is 42.5 Å². The molecular formula is C26H26N4O6. The molecular weight excluding hydrogens is 464 g/mol. The lowest BCUT2D eigenvalue weighted by molar-refractivity contribution is -0.137. The third kappa shape index (κ3) is 4.53. The smallest absolute Gasteiger partial charge is 0.307 e. The van der Waals surface area contributed by atoms with Gasteiger partial charge in [-0.1, -0.05) is 12.1 Å². The summed E-state index contributed by atoms with van der Waals surface area (Å²) in [5, 5.41) is 11.2. The second-order valence-electron chi connectivity index (χ2n) is 9.29. The summed E-state index contributed by atoms with van der Waals surface area (Å²) in [5.74, 6) is -1.93. The first-order valence-electron chi connectivity index (χ1n) is 11.9. The fraction of sp³-hybridized carbons (Fsp3) is 0.346. The van der Waals surface area contributed by atoms with Crippen molar-refractivity contribution in [2.75, 3.05) is 31.1 Å². The molecule has 186 valence electrons. The summed E-state index contributed by atoms with van der Waals surface area (Å²) in [7, 11) is 0. The summed E-state index contributed by atoms with van der Waals surface area (Å²) in [6, 6.07) is 11.7. The van der Waals surface area contributed by atoms with E-state index in [4.69, 9.17) is 5.11 Å². The summed E-state index contributed by atoms with van der Waals surface area (Å²) in [6.07, 6.45) is 0.470. The van der Waals surface area contributed by atoms with Crippen LogP contribution in [0.2, 0.25) is 0 Å². The third-order valence-electron chi connectivity index (χ3n) is 7.00. The Hall–Kier alpha value is -4.21. The zero-order chi connectivity index (χ0) is 25.4. The molecule has 3 aliphatic rings. The number of anilines is 1. The quantitative estimate of drug-likeness (QED) is 0.600. The minimum atomic E-state index is -0.912. The molecule has 0 aromatic heterocycles. The number of piperidine rings is 1. The molecule has 2 aromatic rings. The van der Waals surface area contributed by atoms with Gasteiger partial charge in [0.2, 0.25) is 11.8 Å². The highest BCUT2D eigenvalue weighted by Gasteiger charge is 2.39. The van der Waals surface area contributed by atoms with Crippen LogP contribution in [-0.4, -0.2) is 76.7 Å². The van der Waals surface area contributed by atoms with Crippen LogP contribution in [0.4, 0.5) is 5.69 Å². The second kappa shape index (κ2) is 9.44. The van der Waals surface area contributed by atoms with Gasteiger partial charge in [0, 0.05) is 56.0 Å². The maximum absolute atomic E-state index is 12.9. The Balaban J connectivity index is 1.21. The van der Waals surface area contributed by atoms with E-state index in [1.54, 1.807) is 35.2 Å². The lowest BCUT2D eigenvalue weighted by atomic mass is 10.0. The van der Waals surface area contributed by atoms with Gasteiger partial charge in [-0.15, -0.1) is 0 Å². The zero-order valence-corrected chi connectivity index (χ0v) is 19.6. The van der Waals surface area contributed by atoms with E-state index in [2.05, 4.69) is 10.2 Å². The summed E-state index contributed by atoms with van der Waals surface area (Å²) >= 11 is 0. The topological polar surface area (TPSA) is 127 Å². The molecule has 2 N–H and O–H groups in total. The first-order chi connectivity index (χ1) is 17.3. The number of amides is 4. The number of aliphatic carboxylic acids is 1. The molecule has 0 radical (unpaired) electrons. The number of carboxylic acid groups (broad SMARTS) is 1. The molecule has 3 aliphatic heterocycles. The number of rotatable bonds is 5. The van der Waals surface area contributed by atoms with Crippen LogP contribution in [0.25, 0.3) is 0 Å². The summed E-state index contributed by atoms with van der Waals surface area (Å²) < 4.78 is 0. The Kier molecular flexibility index (Phi) is 6.17. The molecule has 1 unspecified atom stereocenters. The number of hydrogen-bond donors (Lipinski definition) is 2. The maximum atomic E-state index is 12.9. The van der Waals surface area contributed by atoms with Crippen LogP contribution in [0, 0.1) is 0 Å². The Morgan fingerprint density at radius 2 is 1.69 bits per heavy atom. The van der Waals surface area contributed by atoms with E-state index in [-0.39, 0.29) is 30.6 Å². The number of benzene rings is 2. The molecule has 2 saturated heterocycles. The van der Waals surface area contributed by atoms with Gasteiger partial charge in [0.15, 0.2) is 0 Å². The van der Waals surface area contributed by atoms with Crippen molar-refractivity contribution in [3.63, 3.8) is 0 Å². The molecule has 0 saturated carbocycles. The lowest BCUT2D eigenvalue weighted by Crippen LogP contribution is -2.52. The molecule has 2 aromatic carbocycles. The molecule has 0 bridgehead atoms. The van der Waals surface area contributed by atoms with E-state index in [0.717, 1.165) is 11.3 Å². The Bertz CT molecular complexity index is 1250. The molecule has 5 rings (SSSR count). The molecule has 0 spiro atoms. The number of nitrogens with zero attached hydrogens (tertiary/aromatic N) is 3. The molecule has 4 amide bonds. The van der Waals surface area contributed by atoms with Crippen molar-refractivity contribution in [3.05, 3.63) is 64.7 Å². The van der Waals surface area contributed by atoms with E-state index in [0.29, 0.717) is 55.8 Å². The number of piperazine rings is 1. The van der Waals surface area contributed by atoms with E-state index >= 15 is 0 Å². The van der Waals surface area contributed by atoms with E-state index in [1.165, 1.54) is 4.90 Å². The van der Waals surface area contributed by atoms with Gasteiger partial charge >= 0.3 is 5.97 Å². The van der Waals surface area contributed by atoms with Crippen LogP contribution in [0.5, 0.6) is 0 Å². The monoisotopic (exact) mass is 490 g/mol. The van der Waals surface area contributed by atoms with Gasteiger partial charge in [-0.2, -0.15) is 0 Å². The van der Waals surface area contributed by atoms with Crippen molar-refractivity contribution in [1.82, 2.24) is 15.1 Å². The molecule has 0 aliphatic carbocycles. The van der Waals surface area contributed by atoms with Gasteiger partial charge < -0.3 is 19.8 Å².